The summed E-state index contributed by atoms with van der Waals surface area (Å²) in [5, 5.41) is 0. The fourth-order valence-electron chi connectivity index (χ4n) is 1.10. The van der Waals surface area contributed by atoms with Crippen molar-refractivity contribution in [2.75, 3.05) is 12.4 Å². The molecule has 1 rings (SSSR count). The lowest BCUT2D eigenvalue weighted by Crippen LogP contribution is -2.25. The van der Waals surface area contributed by atoms with Gasteiger partial charge in [-0.3, -0.25) is 9.63 Å². The molecular formula is C11H14BrNO2S. The van der Waals surface area contributed by atoms with Gasteiger partial charge in [0.05, 0.1) is 12.4 Å². The molecule has 0 radical (unpaired) electrons. The Hall–Kier alpha value is -0.520. The highest BCUT2D eigenvalue weighted by molar-refractivity contribution is 9.10. The lowest BCUT2D eigenvalue weighted by molar-refractivity contribution is -0.130. The Morgan fingerprint density at radius 2 is 2.31 bits per heavy atom. The summed E-state index contributed by atoms with van der Waals surface area (Å²) in [4.78, 5) is 17.2. The second-order valence-corrected chi connectivity index (χ2v) is 5.09. The topological polar surface area (TPSA) is 38.3 Å². The van der Waals surface area contributed by atoms with Gasteiger partial charge in [-0.15, -0.1) is 11.8 Å². The molecule has 1 aromatic carbocycles. The van der Waals surface area contributed by atoms with E-state index in [1.165, 1.54) is 11.8 Å². The number of hydroxylamine groups is 1. The maximum absolute atomic E-state index is 11.3. The molecule has 16 heavy (non-hydrogen) atoms. The summed E-state index contributed by atoms with van der Waals surface area (Å²) in [7, 11) is 0. The van der Waals surface area contributed by atoms with Gasteiger partial charge in [0.2, 0.25) is 0 Å². The van der Waals surface area contributed by atoms with Crippen LogP contribution >= 0.6 is 27.7 Å². The largest absolute Gasteiger partial charge is 0.274 e. The van der Waals surface area contributed by atoms with E-state index in [-0.39, 0.29) is 5.91 Å². The minimum atomic E-state index is -0.117. The van der Waals surface area contributed by atoms with E-state index in [9.17, 15) is 4.79 Å². The lowest BCUT2D eigenvalue weighted by atomic mass is 10.2. The van der Waals surface area contributed by atoms with Gasteiger partial charge in [0, 0.05) is 9.37 Å². The average molecular weight is 304 g/mol. The minimum Gasteiger partial charge on any atom is -0.274 e. The molecule has 5 heteroatoms. The number of carbonyl (C=O) groups is 1. The Kier molecular flexibility index (Phi) is 5.87. The Labute approximate surface area is 108 Å². The number of carbonyl (C=O) groups excluding carboxylic acids is 1. The first-order chi connectivity index (χ1) is 7.63. The van der Waals surface area contributed by atoms with E-state index in [0.717, 1.165) is 14.9 Å². The van der Waals surface area contributed by atoms with Gasteiger partial charge in [0.15, 0.2) is 0 Å². The molecule has 0 aliphatic rings. The number of hydrogen-bond donors (Lipinski definition) is 1. The Morgan fingerprint density at radius 3 is 2.94 bits per heavy atom. The fourth-order valence-corrected chi connectivity index (χ4v) is 2.37. The number of aryl methyl sites for hydroxylation is 1. The summed E-state index contributed by atoms with van der Waals surface area (Å²) < 4.78 is 1.05. The van der Waals surface area contributed by atoms with E-state index in [1.54, 1.807) is 0 Å². The van der Waals surface area contributed by atoms with Crippen LogP contribution in [0, 0.1) is 6.92 Å². The third-order valence-electron chi connectivity index (χ3n) is 1.83. The normalized spacial score (nSPS) is 10.2. The quantitative estimate of drug-likeness (QED) is 0.671. The van der Waals surface area contributed by atoms with Crippen molar-refractivity contribution < 1.29 is 9.63 Å². The number of rotatable bonds is 5. The van der Waals surface area contributed by atoms with Crippen molar-refractivity contribution in [3.05, 3.63) is 28.2 Å². The van der Waals surface area contributed by atoms with Gasteiger partial charge < -0.3 is 0 Å². The predicted octanol–water partition coefficient (Wildman–Crippen LogP) is 2.92. The summed E-state index contributed by atoms with van der Waals surface area (Å²) in [6.45, 7) is 4.33. The standard InChI is InChI=1S/C11H14BrNO2S/c1-3-15-13-11(14)7-16-10-5-4-9(12)6-8(10)2/h4-6H,3,7H2,1-2H3,(H,13,14). The van der Waals surface area contributed by atoms with Crippen LogP contribution in [0.15, 0.2) is 27.6 Å². The Balaban J connectivity index is 2.45. The van der Waals surface area contributed by atoms with E-state index in [1.807, 2.05) is 32.0 Å². The van der Waals surface area contributed by atoms with Crippen molar-refractivity contribution in [3.8, 4) is 0 Å². The van der Waals surface area contributed by atoms with Gasteiger partial charge in [0.25, 0.3) is 5.91 Å². The molecule has 3 nitrogen and oxygen atoms in total. The summed E-state index contributed by atoms with van der Waals surface area (Å²) in [5.41, 5.74) is 3.52. The number of nitrogens with one attached hydrogen (secondary N) is 1. The second kappa shape index (κ2) is 6.93. The minimum absolute atomic E-state index is 0.117. The molecule has 0 heterocycles. The van der Waals surface area contributed by atoms with Crippen molar-refractivity contribution in [3.63, 3.8) is 0 Å². The van der Waals surface area contributed by atoms with Crippen molar-refractivity contribution in [1.82, 2.24) is 5.48 Å². The molecule has 88 valence electrons. The van der Waals surface area contributed by atoms with Crippen LogP contribution in [0.3, 0.4) is 0 Å². The van der Waals surface area contributed by atoms with Crippen LogP contribution in [0.2, 0.25) is 0 Å². The van der Waals surface area contributed by atoms with E-state index < -0.39 is 0 Å². The third kappa shape index (κ3) is 4.55. The predicted molar refractivity (Wildman–Crippen MR) is 69.4 cm³/mol. The lowest BCUT2D eigenvalue weighted by Gasteiger charge is -2.06. The van der Waals surface area contributed by atoms with Crippen LogP contribution in [0.1, 0.15) is 12.5 Å². The summed E-state index contributed by atoms with van der Waals surface area (Å²) >= 11 is 4.90. The Morgan fingerprint density at radius 1 is 1.56 bits per heavy atom. The number of hydrogen-bond acceptors (Lipinski definition) is 3. The number of halogens is 1. The molecule has 0 aliphatic carbocycles. The summed E-state index contributed by atoms with van der Waals surface area (Å²) in [6.07, 6.45) is 0. The highest BCUT2D eigenvalue weighted by Gasteiger charge is 2.04. The molecule has 0 fully saturated rings. The van der Waals surface area contributed by atoms with Gasteiger partial charge in [0.1, 0.15) is 0 Å². The van der Waals surface area contributed by atoms with E-state index in [2.05, 4.69) is 21.4 Å². The van der Waals surface area contributed by atoms with Crippen molar-refractivity contribution in [1.29, 1.82) is 0 Å². The molecule has 0 atom stereocenters. The van der Waals surface area contributed by atoms with Crippen molar-refractivity contribution >= 4 is 33.6 Å². The molecule has 0 unspecified atom stereocenters. The zero-order chi connectivity index (χ0) is 12.0. The first-order valence-corrected chi connectivity index (χ1v) is 6.71. The SMILES string of the molecule is CCONC(=O)CSc1ccc(Br)cc1C. The van der Waals surface area contributed by atoms with E-state index in [0.29, 0.717) is 12.4 Å². The van der Waals surface area contributed by atoms with Crippen LogP contribution in [0.4, 0.5) is 0 Å². The molecule has 0 saturated carbocycles. The highest BCUT2D eigenvalue weighted by atomic mass is 79.9. The molecule has 0 saturated heterocycles. The molecular weight excluding hydrogens is 290 g/mol. The van der Waals surface area contributed by atoms with Crippen LogP contribution in [0.25, 0.3) is 0 Å². The monoisotopic (exact) mass is 303 g/mol. The molecule has 0 bridgehead atoms. The van der Waals surface area contributed by atoms with Crippen LogP contribution in [-0.2, 0) is 9.63 Å². The Bertz CT molecular complexity index is 371. The first-order valence-electron chi connectivity index (χ1n) is 4.93. The van der Waals surface area contributed by atoms with Crippen molar-refractivity contribution in [2.24, 2.45) is 0 Å². The maximum atomic E-state index is 11.3. The second-order valence-electron chi connectivity index (χ2n) is 3.16. The van der Waals surface area contributed by atoms with Crippen LogP contribution < -0.4 is 5.48 Å². The summed E-state index contributed by atoms with van der Waals surface area (Å²) in [6, 6.07) is 6.00. The molecule has 0 aliphatic heterocycles. The molecule has 0 aromatic heterocycles. The number of benzene rings is 1. The number of amides is 1. The van der Waals surface area contributed by atoms with Gasteiger partial charge >= 0.3 is 0 Å². The average Bonchev–Trinajstić information content (AvgIpc) is 2.25. The zero-order valence-corrected chi connectivity index (χ0v) is 11.7. The maximum Gasteiger partial charge on any atom is 0.253 e. The summed E-state index contributed by atoms with van der Waals surface area (Å²) in [5.74, 6) is 0.247. The first kappa shape index (κ1) is 13.5. The molecule has 1 N–H and O–H groups in total. The molecule has 0 spiro atoms. The van der Waals surface area contributed by atoms with Gasteiger partial charge in [-0.1, -0.05) is 15.9 Å². The van der Waals surface area contributed by atoms with E-state index >= 15 is 0 Å². The van der Waals surface area contributed by atoms with Crippen LogP contribution in [0.5, 0.6) is 0 Å². The third-order valence-corrected chi connectivity index (χ3v) is 3.49. The van der Waals surface area contributed by atoms with Gasteiger partial charge in [-0.2, -0.15) is 0 Å². The van der Waals surface area contributed by atoms with Gasteiger partial charge in [-0.05, 0) is 37.6 Å². The fraction of sp³-hybridized carbons (Fsp3) is 0.364. The van der Waals surface area contributed by atoms with E-state index in [4.69, 9.17) is 4.84 Å². The smallest absolute Gasteiger partial charge is 0.253 e. The highest BCUT2D eigenvalue weighted by Crippen LogP contribution is 2.24. The molecule has 1 aromatic rings. The number of thioether (sulfide) groups is 1. The van der Waals surface area contributed by atoms with Crippen molar-refractivity contribution in [2.45, 2.75) is 18.7 Å². The molecule has 1 amide bonds. The van der Waals surface area contributed by atoms with Gasteiger partial charge in [-0.25, -0.2) is 5.48 Å². The zero-order valence-electron chi connectivity index (χ0n) is 9.25. The van der Waals surface area contributed by atoms with Crippen LogP contribution in [-0.4, -0.2) is 18.3 Å².